The number of hydrogen-bond donors (Lipinski definition) is 2. The molecule has 0 saturated heterocycles. The van der Waals surface area contributed by atoms with E-state index in [2.05, 4.69) is 10.6 Å². The number of anilines is 2. The van der Waals surface area contributed by atoms with Gasteiger partial charge in [-0.1, -0.05) is 13.0 Å². The van der Waals surface area contributed by atoms with Crippen molar-refractivity contribution in [1.82, 2.24) is 4.90 Å². The van der Waals surface area contributed by atoms with Gasteiger partial charge in [0.1, 0.15) is 5.75 Å². The van der Waals surface area contributed by atoms with Gasteiger partial charge in [0.2, 0.25) is 11.8 Å². The lowest BCUT2D eigenvalue weighted by Gasteiger charge is -2.26. The van der Waals surface area contributed by atoms with Gasteiger partial charge in [-0.3, -0.25) is 14.5 Å². The molecule has 0 radical (unpaired) electrons. The van der Waals surface area contributed by atoms with Gasteiger partial charge in [-0.15, -0.1) is 0 Å². The molecule has 0 fully saturated rings. The van der Waals surface area contributed by atoms with Gasteiger partial charge < -0.3 is 15.4 Å². The van der Waals surface area contributed by atoms with Crippen LogP contribution < -0.4 is 15.4 Å². The normalized spacial score (nSPS) is 11.4. The topological polar surface area (TPSA) is 94.5 Å². The van der Waals surface area contributed by atoms with Crippen LogP contribution in [0.15, 0.2) is 48.5 Å². The smallest absolute Gasteiger partial charge is 0.241 e. The van der Waals surface area contributed by atoms with E-state index < -0.39 is 6.04 Å². The van der Waals surface area contributed by atoms with Gasteiger partial charge >= 0.3 is 0 Å². The molecular weight excluding hydrogens is 356 g/mol. The molecule has 2 aromatic carbocycles. The summed E-state index contributed by atoms with van der Waals surface area (Å²) >= 11 is 0. The summed E-state index contributed by atoms with van der Waals surface area (Å²) in [6, 6.07) is 15.3. The van der Waals surface area contributed by atoms with E-state index in [4.69, 9.17) is 10.00 Å². The first-order chi connectivity index (χ1) is 13.5. The Balaban J connectivity index is 1.95. The second-order valence-electron chi connectivity index (χ2n) is 6.20. The van der Waals surface area contributed by atoms with Crippen LogP contribution in [-0.2, 0) is 9.59 Å². The van der Waals surface area contributed by atoms with Gasteiger partial charge in [0.25, 0.3) is 0 Å². The number of likely N-dealkylation sites (N-methyl/N-ethyl adjacent to an activating group) is 1. The number of nitrogens with zero attached hydrogens (tertiary/aromatic N) is 2. The third-order valence-electron chi connectivity index (χ3n) is 4.31. The monoisotopic (exact) mass is 380 g/mol. The largest absolute Gasteiger partial charge is 0.497 e. The van der Waals surface area contributed by atoms with Crippen molar-refractivity contribution in [2.75, 3.05) is 30.8 Å². The van der Waals surface area contributed by atoms with Gasteiger partial charge in [-0.25, -0.2) is 0 Å². The molecule has 2 N–H and O–H groups in total. The molecule has 7 nitrogen and oxygen atoms in total. The molecule has 0 spiro atoms. The zero-order valence-electron chi connectivity index (χ0n) is 16.2. The number of nitriles is 1. The van der Waals surface area contributed by atoms with Crippen molar-refractivity contribution in [2.24, 2.45) is 0 Å². The zero-order valence-corrected chi connectivity index (χ0v) is 16.2. The van der Waals surface area contributed by atoms with Crippen LogP contribution in [0, 0.1) is 11.3 Å². The minimum atomic E-state index is -0.516. The van der Waals surface area contributed by atoms with E-state index in [1.807, 2.05) is 13.0 Å². The maximum Gasteiger partial charge on any atom is 0.241 e. The molecule has 0 aromatic heterocycles. The van der Waals surface area contributed by atoms with Crippen LogP contribution in [0.4, 0.5) is 11.4 Å². The fraction of sp³-hybridized carbons (Fsp3) is 0.286. The number of benzene rings is 2. The Morgan fingerprint density at radius 3 is 2.46 bits per heavy atom. The highest BCUT2D eigenvalue weighted by Gasteiger charge is 2.22. The van der Waals surface area contributed by atoms with Crippen molar-refractivity contribution in [2.45, 2.75) is 19.9 Å². The number of methoxy groups -OCH3 is 1. The zero-order chi connectivity index (χ0) is 20.5. The first-order valence-electron chi connectivity index (χ1n) is 8.95. The molecule has 1 unspecified atom stereocenters. The minimum Gasteiger partial charge on any atom is -0.497 e. The predicted octanol–water partition coefficient (Wildman–Crippen LogP) is 2.85. The first kappa shape index (κ1) is 20.9. The van der Waals surface area contributed by atoms with Gasteiger partial charge in [0.05, 0.1) is 31.3 Å². The van der Waals surface area contributed by atoms with Crippen LogP contribution >= 0.6 is 0 Å². The van der Waals surface area contributed by atoms with Crippen LogP contribution in [0.25, 0.3) is 0 Å². The molecule has 0 heterocycles. The van der Waals surface area contributed by atoms with Crippen LogP contribution in [0.2, 0.25) is 0 Å². The maximum absolute atomic E-state index is 12.5. The van der Waals surface area contributed by atoms with Crippen molar-refractivity contribution in [3.05, 3.63) is 54.1 Å². The minimum absolute atomic E-state index is 0.0787. The van der Waals surface area contributed by atoms with E-state index in [0.29, 0.717) is 29.2 Å². The lowest BCUT2D eigenvalue weighted by molar-refractivity contribution is -0.123. The number of carbonyl (C=O) groups excluding carboxylic acids is 2. The number of nitrogens with one attached hydrogen (secondary N) is 2. The summed E-state index contributed by atoms with van der Waals surface area (Å²) in [4.78, 5) is 26.7. The molecule has 0 bridgehead atoms. The Bertz CT molecular complexity index is 859. The second kappa shape index (κ2) is 10.1. The third kappa shape index (κ3) is 5.83. The SMILES string of the molecule is CCN(CC(=O)Nc1ccc(OC)cc1)C(C)C(=O)Nc1cccc(C#N)c1. The van der Waals surface area contributed by atoms with E-state index in [9.17, 15) is 9.59 Å². The number of ether oxygens (including phenoxy) is 1. The molecular formula is C21H24N4O3. The Kier molecular flexibility index (Phi) is 7.55. The Hall–Kier alpha value is -3.37. The van der Waals surface area contributed by atoms with Gasteiger partial charge in [0.15, 0.2) is 0 Å². The molecule has 1 atom stereocenters. The Labute approximate surface area is 164 Å². The van der Waals surface area contributed by atoms with Gasteiger partial charge in [-0.2, -0.15) is 5.26 Å². The summed E-state index contributed by atoms with van der Waals surface area (Å²) in [6.45, 7) is 4.24. The summed E-state index contributed by atoms with van der Waals surface area (Å²) < 4.78 is 5.09. The van der Waals surface area contributed by atoms with Crippen molar-refractivity contribution in [3.63, 3.8) is 0 Å². The lowest BCUT2D eigenvalue weighted by Crippen LogP contribution is -2.45. The van der Waals surface area contributed by atoms with E-state index in [-0.39, 0.29) is 18.4 Å². The summed E-state index contributed by atoms with van der Waals surface area (Å²) in [7, 11) is 1.58. The summed E-state index contributed by atoms with van der Waals surface area (Å²) in [5.41, 5.74) is 1.68. The summed E-state index contributed by atoms with van der Waals surface area (Å²) in [5, 5.41) is 14.6. The van der Waals surface area contributed by atoms with Crippen molar-refractivity contribution in [3.8, 4) is 11.8 Å². The predicted molar refractivity (Wildman–Crippen MR) is 108 cm³/mol. The fourth-order valence-electron chi connectivity index (χ4n) is 2.66. The summed E-state index contributed by atoms with van der Waals surface area (Å²) in [6.07, 6.45) is 0. The number of rotatable bonds is 8. The Morgan fingerprint density at radius 1 is 1.14 bits per heavy atom. The molecule has 0 saturated carbocycles. The highest BCUT2D eigenvalue weighted by molar-refractivity contribution is 5.96. The number of hydrogen-bond acceptors (Lipinski definition) is 5. The Morgan fingerprint density at radius 2 is 1.86 bits per heavy atom. The molecule has 2 rings (SSSR count). The highest BCUT2D eigenvalue weighted by Crippen LogP contribution is 2.15. The first-order valence-corrected chi connectivity index (χ1v) is 8.95. The molecule has 28 heavy (non-hydrogen) atoms. The van der Waals surface area contributed by atoms with Gasteiger partial charge in [0, 0.05) is 11.4 Å². The second-order valence-corrected chi connectivity index (χ2v) is 6.20. The average molecular weight is 380 g/mol. The van der Waals surface area contributed by atoms with E-state index in [0.717, 1.165) is 0 Å². The maximum atomic E-state index is 12.5. The number of amides is 2. The van der Waals surface area contributed by atoms with Crippen LogP contribution in [0.3, 0.4) is 0 Å². The number of carbonyl (C=O) groups is 2. The van der Waals surface area contributed by atoms with Crippen LogP contribution in [0.1, 0.15) is 19.4 Å². The quantitative estimate of drug-likeness (QED) is 0.734. The molecule has 146 valence electrons. The van der Waals surface area contributed by atoms with Crippen LogP contribution in [0.5, 0.6) is 5.75 Å². The van der Waals surface area contributed by atoms with E-state index in [1.165, 1.54) is 0 Å². The van der Waals surface area contributed by atoms with E-state index >= 15 is 0 Å². The summed E-state index contributed by atoms with van der Waals surface area (Å²) in [5.74, 6) is 0.256. The molecule has 2 aromatic rings. The standard InChI is InChI=1S/C21H24N4O3/c1-4-25(14-20(26)23-17-8-10-19(28-3)11-9-17)15(2)21(27)24-18-7-5-6-16(12-18)13-22/h5-12,15H,4,14H2,1-3H3,(H,23,26)(H,24,27). The van der Waals surface area contributed by atoms with Crippen LogP contribution in [-0.4, -0.2) is 43.0 Å². The van der Waals surface area contributed by atoms with Crippen molar-refractivity contribution in [1.29, 1.82) is 5.26 Å². The molecule has 0 aliphatic rings. The van der Waals surface area contributed by atoms with Gasteiger partial charge in [-0.05, 0) is 55.9 Å². The molecule has 0 aliphatic carbocycles. The lowest BCUT2D eigenvalue weighted by atomic mass is 10.2. The molecule has 7 heteroatoms. The van der Waals surface area contributed by atoms with E-state index in [1.54, 1.807) is 67.5 Å². The van der Waals surface area contributed by atoms with Crippen molar-refractivity contribution < 1.29 is 14.3 Å². The van der Waals surface area contributed by atoms with Crippen molar-refractivity contribution >= 4 is 23.2 Å². The highest BCUT2D eigenvalue weighted by atomic mass is 16.5. The molecule has 2 amide bonds. The fourth-order valence-corrected chi connectivity index (χ4v) is 2.66. The average Bonchev–Trinajstić information content (AvgIpc) is 2.72. The third-order valence-corrected chi connectivity index (χ3v) is 4.31. The molecule has 0 aliphatic heterocycles.